The number of alkyl halides is 2. The first-order valence-electron chi connectivity index (χ1n) is 8.93. The summed E-state index contributed by atoms with van der Waals surface area (Å²) in [5.41, 5.74) is 0.112. The Balaban J connectivity index is 1.43. The van der Waals surface area contributed by atoms with E-state index in [2.05, 4.69) is 0 Å². The lowest BCUT2D eigenvalue weighted by Crippen LogP contribution is -2.49. The average molecular weight is 412 g/mol. The second-order valence-corrected chi connectivity index (χ2v) is 8.20. The van der Waals surface area contributed by atoms with Gasteiger partial charge in [-0.25, -0.2) is 9.59 Å². The van der Waals surface area contributed by atoms with Crippen LogP contribution in [0.15, 0.2) is 39.5 Å². The molecule has 2 aliphatic rings. The van der Waals surface area contributed by atoms with Crippen LogP contribution in [0.25, 0.3) is 11.0 Å². The number of carbonyl (C=O) groups is 1. The number of benzene rings is 1. The molecule has 27 heavy (non-hydrogen) atoms. The summed E-state index contributed by atoms with van der Waals surface area (Å²) in [7, 11) is 0. The zero-order valence-corrected chi connectivity index (χ0v) is 16.0. The zero-order valence-electron chi connectivity index (χ0n) is 14.5. The van der Waals surface area contributed by atoms with Crippen molar-refractivity contribution in [2.24, 2.45) is 0 Å². The second kappa shape index (κ2) is 7.60. The monoisotopic (exact) mass is 411 g/mol. The van der Waals surface area contributed by atoms with Crippen molar-refractivity contribution in [3.8, 4) is 5.75 Å². The Morgan fingerprint density at radius 2 is 1.89 bits per heavy atom. The number of ether oxygens (including phenoxy) is 2. The molecule has 2 atom stereocenters. The van der Waals surface area contributed by atoms with Crippen molar-refractivity contribution >= 4 is 40.3 Å². The molecular formula is C19H19Cl2NO5. The fourth-order valence-corrected chi connectivity index (χ4v) is 4.16. The summed E-state index contributed by atoms with van der Waals surface area (Å²) >= 11 is 11.3. The normalized spacial score (nSPS) is 24.4. The molecule has 4 rings (SSSR count). The first-order chi connectivity index (χ1) is 13.0. The Morgan fingerprint density at radius 3 is 2.59 bits per heavy atom. The van der Waals surface area contributed by atoms with Crippen LogP contribution < -0.4 is 10.4 Å². The Kier molecular flexibility index (Phi) is 5.19. The molecule has 6 nitrogen and oxygen atoms in total. The molecule has 8 heteroatoms. The van der Waals surface area contributed by atoms with Gasteiger partial charge >= 0.3 is 11.7 Å². The van der Waals surface area contributed by atoms with Crippen LogP contribution in [0.5, 0.6) is 5.75 Å². The van der Waals surface area contributed by atoms with E-state index in [-0.39, 0.29) is 36.5 Å². The fourth-order valence-electron chi connectivity index (χ4n) is 4.04. The van der Waals surface area contributed by atoms with Crippen molar-refractivity contribution in [1.82, 2.24) is 4.90 Å². The Hall–Kier alpha value is -1.92. The maximum Gasteiger partial charge on any atom is 0.410 e. The van der Waals surface area contributed by atoms with Gasteiger partial charge in [0.05, 0.1) is 0 Å². The molecule has 2 aromatic rings. The molecule has 1 amide bonds. The van der Waals surface area contributed by atoms with Gasteiger partial charge in [0.1, 0.15) is 28.9 Å². The van der Waals surface area contributed by atoms with E-state index in [1.54, 1.807) is 17.0 Å². The van der Waals surface area contributed by atoms with Crippen LogP contribution in [-0.4, -0.2) is 40.6 Å². The molecule has 0 N–H and O–H groups in total. The van der Waals surface area contributed by atoms with E-state index in [1.807, 2.05) is 12.1 Å². The van der Waals surface area contributed by atoms with Crippen molar-refractivity contribution in [1.29, 1.82) is 0 Å². The predicted molar refractivity (Wildman–Crippen MR) is 102 cm³/mol. The molecule has 144 valence electrons. The summed E-state index contributed by atoms with van der Waals surface area (Å²) in [4.78, 5) is 24.8. The third kappa shape index (κ3) is 4.01. The van der Waals surface area contributed by atoms with E-state index >= 15 is 0 Å². The van der Waals surface area contributed by atoms with Crippen molar-refractivity contribution in [3.05, 3.63) is 40.8 Å². The van der Waals surface area contributed by atoms with Crippen LogP contribution in [0.3, 0.4) is 0 Å². The number of nitrogens with zero attached hydrogens (tertiary/aromatic N) is 1. The SMILES string of the molecule is O=C(OCC(Cl)Cl)N1C2CCC1CC(Oc1ccc3ccc(=O)oc3c1)C2. The number of hydrogen-bond acceptors (Lipinski definition) is 5. The molecule has 0 aliphatic carbocycles. The summed E-state index contributed by atoms with van der Waals surface area (Å²) < 4.78 is 16.5. The third-order valence-corrected chi connectivity index (χ3v) is 5.38. The molecule has 2 unspecified atom stereocenters. The highest BCUT2D eigenvalue weighted by atomic mass is 35.5. The zero-order chi connectivity index (χ0) is 19.0. The molecule has 2 aliphatic heterocycles. The van der Waals surface area contributed by atoms with Gasteiger partial charge < -0.3 is 18.8 Å². The van der Waals surface area contributed by atoms with Gasteiger partial charge in [-0.15, -0.1) is 23.2 Å². The maximum absolute atomic E-state index is 12.3. The molecule has 0 saturated carbocycles. The summed E-state index contributed by atoms with van der Waals surface area (Å²) in [5.74, 6) is 0.657. The Bertz CT molecular complexity index is 885. The van der Waals surface area contributed by atoms with Gasteiger partial charge in [-0.2, -0.15) is 0 Å². The van der Waals surface area contributed by atoms with Gasteiger partial charge in [-0.1, -0.05) is 0 Å². The lowest BCUT2D eigenvalue weighted by Gasteiger charge is -2.38. The summed E-state index contributed by atoms with van der Waals surface area (Å²) in [6.45, 7) is -0.0138. The maximum atomic E-state index is 12.3. The topological polar surface area (TPSA) is 69.0 Å². The summed E-state index contributed by atoms with van der Waals surface area (Å²) in [6.07, 6.45) is 2.95. The Labute approximate surface area is 165 Å². The quantitative estimate of drug-likeness (QED) is 0.559. The summed E-state index contributed by atoms with van der Waals surface area (Å²) in [6, 6.07) is 8.76. The molecule has 2 bridgehead atoms. The van der Waals surface area contributed by atoms with Gasteiger partial charge in [0.25, 0.3) is 0 Å². The number of amides is 1. The number of rotatable bonds is 4. The van der Waals surface area contributed by atoms with Crippen molar-refractivity contribution in [2.45, 2.75) is 48.7 Å². The van der Waals surface area contributed by atoms with Crippen LogP contribution in [0.4, 0.5) is 4.79 Å². The van der Waals surface area contributed by atoms with E-state index in [0.29, 0.717) is 11.3 Å². The second-order valence-electron chi connectivity index (χ2n) is 6.93. The van der Waals surface area contributed by atoms with Gasteiger partial charge in [0, 0.05) is 42.4 Å². The number of carbonyl (C=O) groups excluding carboxylic acids is 1. The standard InChI is InChI=1S/C19H19Cl2NO5/c20-17(21)10-25-19(24)22-12-3-4-13(22)8-15(7-12)26-14-5-1-11-2-6-18(23)27-16(11)9-14/h1-2,5-6,9,12-13,15,17H,3-4,7-8,10H2. The van der Waals surface area contributed by atoms with Crippen molar-refractivity contribution in [3.63, 3.8) is 0 Å². The molecular weight excluding hydrogens is 393 g/mol. The molecule has 2 saturated heterocycles. The largest absolute Gasteiger partial charge is 0.490 e. The highest BCUT2D eigenvalue weighted by Gasteiger charge is 2.45. The first kappa shape index (κ1) is 18.4. The van der Waals surface area contributed by atoms with Gasteiger partial charge in [0.2, 0.25) is 0 Å². The van der Waals surface area contributed by atoms with Gasteiger partial charge in [-0.05, 0) is 31.0 Å². The molecule has 3 heterocycles. The van der Waals surface area contributed by atoms with Crippen LogP contribution in [0, 0.1) is 0 Å². The van der Waals surface area contributed by atoms with Crippen molar-refractivity contribution < 1.29 is 18.7 Å². The lowest BCUT2D eigenvalue weighted by atomic mass is 10.00. The average Bonchev–Trinajstić information content (AvgIpc) is 2.90. The number of fused-ring (bicyclic) bond motifs is 3. The fraction of sp³-hybridized carbons (Fsp3) is 0.474. The molecule has 0 spiro atoms. The van der Waals surface area contributed by atoms with Crippen LogP contribution >= 0.6 is 23.2 Å². The minimum atomic E-state index is -0.722. The number of halogens is 2. The smallest absolute Gasteiger partial charge is 0.410 e. The third-order valence-electron chi connectivity index (χ3n) is 5.13. The minimum absolute atomic E-state index is 0.00626. The lowest BCUT2D eigenvalue weighted by molar-refractivity contribution is 0.0348. The highest BCUT2D eigenvalue weighted by molar-refractivity contribution is 6.44. The number of piperidine rings is 1. The molecule has 2 fully saturated rings. The van der Waals surface area contributed by atoms with Crippen LogP contribution in [0.1, 0.15) is 25.7 Å². The molecule has 0 radical (unpaired) electrons. The van der Waals surface area contributed by atoms with Crippen molar-refractivity contribution in [2.75, 3.05) is 6.61 Å². The minimum Gasteiger partial charge on any atom is -0.490 e. The van der Waals surface area contributed by atoms with Gasteiger partial charge in [-0.3, -0.25) is 0 Å². The Morgan fingerprint density at radius 1 is 1.19 bits per heavy atom. The molecule has 1 aromatic heterocycles. The summed E-state index contributed by atoms with van der Waals surface area (Å²) in [5, 5.41) is 0.844. The van der Waals surface area contributed by atoms with E-state index in [1.165, 1.54) is 6.07 Å². The highest BCUT2D eigenvalue weighted by Crippen LogP contribution is 2.38. The number of hydrogen-bond donors (Lipinski definition) is 0. The van der Waals surface area contributed by atoms with Gasteiger partial charge in [0.15, 0.2) is 0 Å². The first-order valence-corrected chi connectivity index (χ1v) is 9.80. The van der Waals surface area contributed by atoms with E-state index < -0.39 is 4.84 Å². The van der Waals surface area contributed by atoms with Crippen LogP contribution in [-0.2, 0) is 4.74 Å². The molecule has 1 aromatic carbocycles. The van der Waals surface area contributed by atoms with E-state index in [4.69, 9.17) is 37.1 Å². The predicted octanol–water partition coefficient (Wildman–Crippen LogP) is 4.11. The van der Waals surface area contributed by atoms with E-state index in [9.17, 15) is 9.59 Å². The van der Waals surface area contributed by atoms with Crippen LogP contribution in [0.2, 0.25) is 0 Å². The van der Waals surface area contributed by atoms with E-state index in [0.717, 1.165) is 31.1 Å².